The molecule has 2 bridgehead atoms. The highest BCUT2D eigenvalue weighted by atomic mass is 16.5. The first kappa shape index (κ1) is 52.0. The van der Waals surface area contributed by atoms with Crippen LogP contribution in [0.15, 0.2) is 0 Å². The molecule has 5 aliphatic heterocycles. The van der Waals surface area contributed by atoms with E-state index in [0.717, 1.165) is 91.7 Å². The molecule has 4 nitrogen and oxygen atoms in total. The van der Waals surface area contributed by atoms with Gasteiger partial charge >= 0.3 is 0 Å². The van der Waals surface area contributed by atoms with Gasteiger partial charge in [-0.05, 0) is 160 Å². The molecule has 0 radical (unpaired) electrons. The molecular formula is C52H102O4. The maximum Gasteiger partial charge on any atom is 0.0611 e. The molecule has 7 aliphatic rings. The highest BCUT2D eigenvalue weighted by molar-refractivity contribution is 4.90. The topological polar surface area (TPSA) is 36.9 Å². The predicted molar refractivity (Wildman–Crippen MR) is 243 cm³/mol. The molecule has 0 aromatic heterocycles. The smallest absolute Gasteiger partial charge is 0.0611 e. The zero-order chi connectivity index (χ0) is 41.9. The van der Waals surface area contributed by atoms with Gasteiger partial charge in [0, 0.05) is 33.0 Å². The first-order valence-electron chi connectivity index (χ1n) is 24.8. The highest BCUT2D eigenvalue weighted by Crippen LogP contribution is 2.46. The first-order valence-corrected chi connectivity index (χ1v) is 24.8. The maximum absolute atomic E-state index is 5.75. The Bertz CT molecular complexity index is 894. The monoisotopic (exact) mass is 791 g/mol. The number of fused-ring (bicyclic) bond motifs is 2. The van der Waals surface area contributed by atoms with Crippen LogP contribution in [0.3, 0.4) is 0 Å². The molecule has 7 fully saturated rings. The summed E-state index contributed by atoms with van der Waals surface area (Å²) < 4.78 is 21.9. The van der Waals surface area contributed by atoms with E-state index in [1.54, 1.807) is 0 Å². The molecule has 7 rings (SSSR count). The summed E-state index contributed by atoms with van der Waals surface area (Å²) in [5.41, 5.74) is 1.35. The molecule has 6 atom stereocenters. The highest BCUT2D eigenvalue weighted by Gasteiger charge is 2.41. The Hall–Kier alpha value is -0.160. The molecule has 4 heteroatoms. The minimum absolute atomic E-state index is 0.554. The van der Waals surface area contributed by atoms with Crippen molar-refractivity contribution in [3.05, 3.63) is 0 Å². The molecule has 0 N–H and O–H groups in total. The van der Waals surface area contributed by atoms with Crippen molar-refractivity contribution in [2.24, 2.45) is 70.0 Å². The van der Waals surface area contributed by atoms with E-state index >= 15 is 0 Å². The summed E-state index contributed by atoms with van der Waals surface area (Å²) in [4.78, 5) is 0. The van der Waals surface area contributed by atoms with Gasteiger partial charge in [0.25, 0.3) is 0 Å². The third-order valence-electron chi connectivity index (χ3n) is 15.4. The Labute approximate surface area is 352 Å². The van der Waals surface area contributed by atoms with Gasteiger partial charge in [-0.1, -0.05) is 123 Å². The normalized spacial score (nSPS) is 30.8. The van der Waals surface area contributed by atoms with Gasteiger partial charge in [-0.15, -0.1) is 0 Å². The van der Waals surface area contributed by atoms with Crippen LogP contribution in [-0.4, -0.2) is 51.3 Å². The second kappa shape index (κ2) is 26.9. The van der Waals surface area contributed by atoms with E-state index in [2.05, 4.69) is 104 Å². The van der Waals surface area contributed by atoms with Crippen LogP contribution in [0.4, 0.5) is 0 Å². The van der Waals surface area contributed by atoms with E-state index in [4.69, 9.17) is 18.9 Å². The number of hydrogen-bond acceptors (Lipinski definition) is 4. The molecule has 334 valence electrons. The summed E-state index contributed by atoms with van der Waals surface area (Å²) in [6, 6.07) is 0. The van der Waals surface area contributed by atoms with Crippen molar-refractivity contribution in [2.45, 2.75) is 231 Å². The Morgan fingerprint density at radius 3 is 1.39 bits per heavy atom. The van der Waals surface area contributed by atoms with E-state index in [-0.39, 0.29) is 0 Å². The summed E-state index contributed by atoms with van der Waals surface area (Å²) in [6.45, 7) is 39.8. The molecule has 56 heavy (non-hydrogen) atoms. The van der Waals surface area contributed by atoms with Crippen LogP contribution in [0.25, 0.3) is 0 Å². The zero-order valence-electron chi connectivity index (χ0n) is 40.7. The largest absolute Gasteiger partial charge is 0.381 e. The van der Waals surface area contributed by atoms with Gasteiger partial charge in [0.05, 0.1) is 18.3 Å². The van der Waals surface area contributed by atoms with E-state index in [9.17, 15) is 0 Å². The van der Waals surface area contributed by atoms with E-state index in [1.807, 2.05) is 0 Å². The molecule has 6 unspecified atom stereocenters. The Balaban J connectivity index is 0.000000233. The lowest BCUT2D eigenvalue weighted by molar-refractivity contribution is -0.0115. The Kier molecular flexibility index (Phi) is 25.0. The lowest BCUT2D eigenvalue weighted by atomic mass is 9.64. The van der Waals surface area contributed by atoms with Crippen molar-refractivity contribution in [3.8, 4) is 0 Å². The molecule has 0 aromatic rings. The average molecular weight is 791 g/mol. The lowest BCUT2D eigenvalue weighted by Gasteiger charge is -2.42. The first-order chi connectivity index (χ1) is 26.3. The third-order valence-corrected chi connectivity index (χ3v) is 15.4. The van der Waals surface area contributed by atoms with Gasteiger partial charge in [-0.2, -0.15) is 0 Å². The minimum Gasteiger partial charge on any atom is -0.381 e. The Morgan fingerprint density at radius 2 is 1.11 bits per heavy atom. The summed E-state index contributed by atoms with van der Waals surface area (Å²) in [7, 11) is 0. The molecule has 2 aliphatic carbocycles. The van der Waals surface area contributed by atoms with Crippen molar-refractivity contribution in [1.82, 2.24) is 0 Å². The van der Waals surface area contributed by atoms with Crippen molar-refractivity contribution in [2.75, 3.05) is 33.0 Å². The number of rotatable bonds is 6. The molecule has 5 saturated heterocycles. The van der Waals surface area contributed by atoms with Gasteiger partial charge in [-0.3, -0.25) is 0 Å². The molecular weight excluding hydrogens is 689 g/mol. The van der Waals surface area contributed by atoms with Crippen molar-refractivity contribution < 1.29 is 18.9 Å². The number of ether oxygens (including phenoxy) is 4. The van der Waals surface area contributed by atoms with Crippen LogP contribution in [0.1, 0.15) is 213 Å². The van der Waals surface area contributed by atoms with Crippen molar-refractivity contribution >= 4 is 0 Å². The fraction of sp³-hybridized carbons (Fsp3) is 1.00. The Morgan fingerprint density at radius 1 is 0.482 bits per heavy atom. The van der Waals surface area contributed by atoms with Crippen LogP contribution in [0.2, 0.25) is 0 Å². The molecule has 5 heterocycles. The standard InChI is InChI=1S/C11H22.C9H16O.3C8H16O.C8H16/c1-9(2)10-6-5-7-11(3,4)8-10;1-6(2)8-5-7-3-4-9(8)10-7;1-7(2)8-3-5-9-6-4-8;1-7(2)8-4-3-5-9-6-8;1-7(2)8-5-3-4-6-9-8;1-7(2)8(3)5-4-6-8/h9-10H,5-8H2,1-4H3;6-9H,3-5H2,1-2H3;3*7-8H,3-6H2,1-2H3;7H,4-6H2,1-3H3. The van der Waals surface area contributed by atoms with Gasteiger partial charge in [0.2, 0.25) is 0 Å². The van der Waals surface area contributed by atoms with Crippen LogP contribution < -0.4 is 0 Å². The molecule has 0 amide bonds. The fourth-order valence-corrected chi connectivity index (χ4v) is 9.98. The van der Waals surface area contributed by atoms with Crippen LogP contribution in [0.5, 0.6) is 0 Å². The van der Waals surface area contributed by atoms with Crippen molar-refractivity contribution in [1.29, 1.82) is 0 Å². The number of hydrogen-bond donors (Lipinski definition) is 0. The summed E-state index contributed by atoms with van der Waals surface area (Å²) in [5.74, 6) is 8.64. The van der Waals surface area contributed by atoms with E-state index < -0.39 is 0 Å². The molecule has 0 spiro atoms. The summed E-state index contributed by atoms with van der Waals surface area (Å²) >= 11 is 0. The fourth-order valence-electron chi connectivity index (χ4n) is 9.98. The average Bonchev–Trinajstić information content (AvgIpc) is 3.81. The molecule has 2 saturated carbocycles. The van der Waals surface area contributed by atoms with Crippen LogP contribution in [-0.2, 0) is 18.9 Å². The van der Waals surface area contributed by atoms with Gasteiger partial charge in [0.1, 0.15) is 0 Å². The third kappa shape index (κ3) is 19.9. The minimum atomic E-state index is 0.554. The van der Waals surface area contributed by atoms with Gasteiger partial charge in [-0.25, -0.2) is 0 Å². The lowest BCUT2D eigenvalue weighted by Crippen LogP contribution is -2.30. The molecule has 0 aromatic carbocycles. The zero-order valence-corrected chi connectivity index (χ0v) is 40.7. The maximum atomic E-state index is 5.75. The quantitative estimate of drug-likeness (QED) is 0.269. The summed E-state index contributed by atoms with van der Waals surface area (Å²) in [6.07, 6.45) is 25.1. The van der Waals surface area contributed by atoms with Gasteiger partial charge < -0.3 is 18.9 Å². The van der Waals surface area contributed by atoms with E-state index in [0.29, 0.717) is 29.6 Å². The van der Waals surface area contributed by atoms with E-state index in [1.165, 1.54) is 109 Å². The van der Waals surface area contributed by atoms with Crippen molar-refractivity contribution in [3.63, 3.8) is 0 Å². The van der Waals surface area contributed by atoms with Gasteiger partial charge in [0.15, 0.2) is 0 Å². The van der Waals surface area contributed by atoms with Crippen LogP contribution >= 0.6 is 0 Å². The van der Waals surface area contributed by atoms with Crippen LogP contribution in [0, 0.1) is 70.0 Å². The predicted octanol–water partition coefficient (Wildman–Crippen LogP) is 15.3. The second-order valence-electron chi connectivity index (χ2n) is 22.5. The summed E-state index contributed by atoms with van der Waals surface area (Å²) in [5, 5.41) is 0. The second-order valence-corrected chi connectivity index (χ2v) is 22.5. The SMILES string of the molecule is CC(C)C1(C)CCC1.CC(C)C1CC2CCC1O2.CC(C)C1CCCC(C)(C)C1.CC(C)C1CCCCO1.CC(C)C1CCCOC1.CC(C)C1CCOCC1.